The van der Waals surface area contributed by atoms with Crippen LogP contribution in [-0.4, -0.2) is 58.1 Å². The van der Waals surface area contributed by atoms with Gasteiger partial charge in [-0.25, -0.2) is 0 Å². The average Bonchev–Trinajstić information content (AvgIpc) is 3.86. The molecule has 1 aliphatic heterocycles. The Morgan fingerprint density at radius 2 is 1.14 bits per heavy atom. The molecule has 1 aliphatic rings. The first-order chi connectivity index (χ1) is 30.9. The molecule has 1 heterocycles. The fraction of sp³-hybridized carbons (Fsp3) is 0.415. The molecule has 10 nitrogen and oxygen atoms in total. The first-order valence-electron chi connectivity index (χ1n) is 22.8. The molecule has 2 unspecified atom stereocenters. The molecule has 5 aromatic rings. The van der Waals surface area contributed by atoms with Gasteiger partial charge in [0.15, 0.2) is 12.6 Å². The lowest BCUT2D eigenvalue weighted by molar-refractivity contribution is -0.139. The van der Waals surface area contributed by atoms with Crippen LogP contribution in [0.3, 0.4) is 0 Å². The van der Waals surface area contributed by atoms with Crippen molar-refractivity contribution in [2.45, 2.75) is 103 Å². The van der Waals surface area contributed by atoms with Crippen molar-refractivity contribution in [1.29, 1.82) is 0 Å². The van der Waals surface area contributed by atoms with Gasteiger partial charge in [0.05, 0.1) is 31.9 Å². The number of carbonyl (C=O) groups is 1. The lowest BCUT2D eigenvalue weighted by Crippen LogP contribution is -2.26. The third kappa shape index (κ3) is 17.9. The molecule has 1 fully saturated rings. The highest BCUT2D eigenvalue weighted by atomic mass is 16.7. The van der Waals surface area contributed by atoms with Crippen LogP contribution in [0.15, 0.2) is 133 Å². The zero-order valence-corrected chi connectivity index (χ0v) is 37.3. The van der Waals surface area contributed by atoms with E-state index in [9.17, 15) is 4.79 Å². The monoisotopic (exact) mass is 860 g/mol. The molecule has 0 radical (unpaired) electrons. The van der Waals surface area contributed by atoms with E-state index in [2.05, 4.69) is 29.6 Å². The second-order valence-corrected chi connectivity index (χ2v) is 15.6. The highest BCUT2D eigenvalue weighted by Crippen LogP contribution is 2.25. The predicted molar refractivity (Wildman–Crippen MR) is 251 cm³/mol. The molecule has 6 rings (SSSR count). The molecule has 0 aromatic heterocycles. The van der Waals surface area contributed by atoms with E-state index in [0.29, 0.717) is 31.9 Å². The normalized spacial score (nSPS) is 13.5. The van der Waals surface area contributed by atoms with Crippen LogP contribution in [0.1, 0.15) is 122 Å². The molecule has 0 spiro atoms. The summed E-state index contributed by atoms with van der Waals surface area (Å²) in [7, 11) is 0. The van der Waals surface area contributed by atoms with Crippen LogP contribution in [0.5, 0.6) is 11.5 Å². The maximum atomic E-state index is 12.4. The summed E-state index contributed by atoms with van der Waals surface area (Å²) in [6.07, 6.45) is 9.68. The number of benzene rings is 5. The van der Waals surface area contributed by atoms with Gasteiger partial charge in [-0.2, -0.15) is 0 Å². The standard InChI is InChI=1S/C29H36N2O4.C24H33NO3/c1-3-33-27(34-4-2)14-9-19-31-29(32)24-17-15-22(16-18-24)21-35-26-13-8-12-25(20-26)28(30)23-10-6-5-7-11-23;25-24(20-11-6-5-7-12-20)21-13-10-14-22(19-21)26-16-9-4-2-1-3-8-15-23-27-17-18-28-23/h5-8,10-13,15-18,20,27-28H,3-4,9,14,19,21,30H2,1-2H3,(H,31,32);5-7,10-14,19,23-24H,1-4,8-9,15-18,25H2. The first-order valence-corrected chi connectivity index (χ1v) is 22.8. The average molecular weight is 860 g/mol. The molecule has 5 aromatic carbocycles. The van der Waals surface area contributed by atoms with E-state index in [1.165, 1.54) is 32.1 Å². The fourth-order valence-electron chi connectivity index (χ4n) is 7.26. The summed E-state index contributed by atoms with van der Waals surface area (Å²) in [5.74, 6) is 1.57. The third-order valence-electron chi connectivity index (χ3n) is 10.8. The van der Waals surface area contributed by atoms with E-state index in [1.807, 2.05) is 123 Å². The van der Waals surface area contributed by atoms with E-state index in [-0.39, 0.29) is 30.6 Å². The van der Waals surface area contributed by atoms with Crippen molar-refractivity contribution in [3.63, 3.8) is 0 Å². The molecule has 338 valence electrons. The summed E-state index contributed by atoms with van der Waals surface area (Å²) in [5.41, 5.74) is 18.7. The quantitative estimate of drug-likeness (QED) is 0.0367. The molecule has 1 saturated heterocycles. The van der Waals surface area contributed by atoms with Gasteiger partial charge < -0.3 is 45.2 Å². The van der Waals surface area contributed by atoms with Crippen molar-refractivity contribution < 1.29 is 33.2 Å². The van der Waals surface area contributed by atoms with Gasteiger partial charge in [-0.1, -0.05) is 123 Å². The summed E-state index contributed by atoms with van der Waals surface area (Å²) >= 11 is 0. The summed E-state index contributed by atoms with van der Waals surface area (Å²) in [6.45, 7) is 8.36. The topological polar surface area (TPSA) is 137 Å². The predicted octanol–water partition coefficient (Wildman–Crippen LogP) is 10.4. The molecule has 63 heavy (non-hydrogen) atoms. The highest BCUT2D eigenvalue weighted by molar-refractivity contribution is 5.94. The van der Waals surface area contributed by atoms with Crippen molar-refractivity contribution in [3.8, 4) is 11.5 Å². The fourth-order valence-corrected chi connectivity index (χ4v) is 7.26. The SMILES string of the molecule is CCOC(CCCNC(=O)c1ccc(COc2cccc(C(N)c3ccccc3)c2)cc1)OCC.NC(c1ccccc1)c1cccc(OCCCCCCCCC2OCCO2)c1. The van der Waals surface area contributed by atoms with Crippen molar-refractivity contribution in [1.82, 2.24) is 5.32 Å². The number of nitrogens with one attached hydrogen (secondary N) is 1. The summed E-state index contributed by atoms with van der Waals surface area (Å²) in [6, 6.07) is 43.3. The maximum Gasteiger partial charge on any atom is 0.251 e. The van der Waals surface area contributed by atoms with Crippen LogP contribution < -0.4 is 26.3 Å². The number of amides is 1. The lowest BCUT2D eigenvalue weighted by Gasteiger charge is -2.16. The molecule has 5 N–H and O–H groups in total. The van der Waals surface area contributed by atoms with Gasteiger partial charge in [0.2, 0.25) is 0 Å². The molecular formula is C53H69N3O7. The number of nitrogens with two attached hydrogens (primary N) is 2. The molecule has 0 aliphatic carbocycles. The second-order valence-electron chi connectivity index (χ2n) is 15.6. The number of hydrogen-bond acceptors (Lipinski definition) is 9. The van der Waals surface area contributed by atoms with Gasteiger partial charge in [0, 0.05) is 31.7 Å². The Kier molecular flexibility index (Phi) is 22.2. The van der Waals surface area contributed by atoms with E-state index in [0.717, 1.165) is 84.8 Å². The minimum atomic E-state index is -0.212. The van der Waals surface area contributed by atoms with Crippen LogP contribution in [0.2, 0.25) is 0 Å². The van der Waals surface area contributed by atoms with Gasteiger partial charge in [0.1, 0.15) is 18.1 Å². The smallest absolute Gasteiger partial charge is 0.251 e. The zero-order valence-electron chi connectivity index (χ0n) is 37.3. The van der Waals surface area contributed by atoms with Crippen LogP contribution in [0, 0.1) is 0 Å². The van der Waals surface area contributed by atoms with Crippen LogP contribution in [0.25, 0.3) is 0 Å². The number of unbranched alkanes of at least 4 members (excludes halogenated alkanes) is 5. The largest absolute Gasteiger partial charge is 0.494 e. The molecule has 0 saturated carbocycles. The Bertz CT molecular complexity index is 1970. The lowest BCUT2D eigenvalue weighted by atomic mass is 10.00. The van der Waals surface area contributed by atoms with Gasteiger partial charge >= 0.3 is 0 Å². The van der Waals surface area contributed by atoms with E-state index in [1.54, 1.807) is 0 Å². The summed E-state index contributed by atoms with van der Waals surface area (Å²) in [5, 5.41) is 2.95. The first kappa shape index (κ1) is 49.0. The molecule has 0 bridgehead atoms. The van der Waals surface area contributed by atoms with Crippen molar-refractivity contribution in [2.24, 2.45) is 11.5 Å². The number of rotatable bonds is 26. The molecule has 10 heteroatoms. The Balaban J connectivity index is 0.000000243. The second kappa shape index (κ2) is 28.6. The van der Waals surface area contributed by atoms with Gasteiger partial charge in [-0.15, -0.1) is 0 Å². The summed E-state index contributed by atoms with van der Waals surface area (Å²) in [4.78, 5) is 12.4. The molecular weight excluding hydrogens is 791 g/mol. The van der Waals surface area contributed by atoms with Crippen molar-refractivity contribution >= 4 is 5.91 Å². The molecule has 2 atom stereocenters. The number of hydrogen-bond donors (Lipinski definition) is 3. The Hall–Kier alpha value is -5.07. The summed E-state index contributed by atoms with van der Waals surface area (Å²) < 4.78 is 33.9. The van der Waals surface area contributed by atoms with Crippen LogP contribution in [-0.2, 0) is 25.6 Å². The maximum absolute atomic E-state index is 12.4. The third-order valence-corrected chi connectivity index (χ3v) is 10.8. The van der Waals surface area contributed by atoms with E-state index in [4.69, 9.17) is 39.9 Å². The minimum absolute atomic E-state index is 0.0548. The van der Waals surface area contributed by atoms with E-state index >= 15 is 0 Å². The number of carbonyl (C=O) groups excluding carboxylic acids is 1. The van der Waals surface area contributed by atoms with Crippen LogP contribution in [0.4, 0.5) is 0 Å². The van der Waals surface area contributed by atoms with Gasteiger partial charge in [0.25, 0.3) is 5.91 Å². The Labute approximate surface area is 375 Å². The van der Waals surface area contributed by atoms with Gasteiger partial charge in [-0.05, 0) is 104 Å². The van der Waals surface area contributed by atoms with Gasteiger partial charge in [-0.3, -0.25) is 4.79 Å². The Morgan fingerprint density at radius 1 is 0.619 bits per heavy atom. The zero-order chi connectivity index (χ0) is 44.3. The molecule has 1 amide bonds. The van der Waals surface area contributed by atoms with Crippen LogP contribution >= 0.6 is 0 Å². The van der Waals surface area contributed by atoms with E-state index < -0.39 is 0 Å². The Morgan fingerprint density at radius 3 is 1.71 bits per heavy atom. The van der Waals surface area contributed by atoms with Crippen molar-refractivity contribution in [3.05, 3.63) is 167 Å². The minimum Gasteiger partial charge on any atom is -0.494 e. The number of ether oxygens (including phenoxy) is 6. The van der Waals surface area contributed by atoms with Crippen molar-refractivity contribution in [2.75, 3.05) is 39.6 Å². The highest BCUT2D eigenvalue weighted by Gasteiger charge is 2.15.